The van der Waals surface area contributed by atoms with Crippen molar-refractivity contribution < 1.29 is 9.18 Å². The third-order valence-corrected chi connectivity index (χ3v) is 3.42. The molecule has 1 fully saturated rings. The van der Waals surface area contributed by atoms with Crippen LogP contribution in [0.4, 0.5) is 4.39 Å². The van der Waals surface area contributed by atoms with Crippen LogP contribution >= 0.6 is 0 Å². The van der Waals surface area contributed by atoms with Crippen LogP contribution in [0.3, 0.4) is 0 Å². The lowest BCUT2D eigenvalue weighted by Crippen LogP contribution is -2.30. The van der Waals surface area contributed by atoms with Gasteiger partial charge in [-0.1, -0.05) is 12.5 Å². The largest absolute Gasteiger partial charge is 0.356 e. The van der Waals surface area contributed by atoms with Gasteiger partial charge in [-0.15, -0.1) is 0 Å². The summed E-state index contributed by atoms with van der Waals surface area (Å²) in [7, 11) is 0. The zero-order valence-corrected chi connectivity index (χ0v) is 10.1. The van der Waals surface area contributed by atoms with E-state index in [0.717, 1.165) is 43.4 Å². The van der Waals surface area contributed by atoms with E-state index in [1.54, 1.807) is 6.07 Å². The van der Waals surface area contributed by atoms with Crippen molar-refractivity contribution in [3.05, 3.63) is 35.1 Å². The summed E-state index contributed by atoms with van der Waals surface area (Å²) in [4.78, 5) is 11.8. The molecule has 0 aliphatic carbocycles. The molecule has 0 radical (unpaired) electrons. The Balaban J connectivity index is 2.10. The number of hydrogen-bond donors (Lipinski definition) is 1. The quantitative estimate of drug-likeness (QED) is 0.838. The Labute approximate surface area is 101 Å². The Morgan fingerprint density at radius 3 is 3.00 bits per heavy atom. The van der Waals surface area contributed by atoms with Crippen molar-refractivity contribution in [1.82, 2.24) is 5.32 Å². The fourth-order valence-electron chi connectivity index (χ4n) is 2.35. The maximum atomic E-state index is 13.0. The van der Waals surface area contributed by atoms with E-state index in [-0.39, 0.29) is 17.6 Å². The van der Waals surface area contributed by atoms with Gasteiger partial charge in [0.25, 0.3) is 0 Å². The lowest BCUT2D eigenvalue weighted by atomic mass is 9.92. The predicted molar refractivity (Wildman–Crippen MR) is 65.2 cm³/mol. The molecular weight excluding hydrogens is 217 g/mol. The number of amides is 1. The van der Waals surface area contributed by atoms with E-state index in [9.17, 15) is 9.18 Å². The number of nitrogens with one attached hydrogen (secondary N) is 1. The number of benzene rings is 1. The molecule has 1 saturated heterocycles. The average Bonchev–Trinajstić information content (AvgIpc) is 2.48. The minimum Gasteiger partial charge on any atom is -0.356 e. The van der Waals surface area contributed by atoms with E-state index in [1.165, 1.54) is 12.1 Å². The van der Waals surface area contributed by atoms with Crippen LogP contribution in [-0.4, -0.2) is 12.5 Å². The van der Waals surface area contributed by atoms with Gasteiger partial charge in [-0.3, -0.25) is 4.79 Å². The number of aryl methyl sites for hydroxylation is 1. The molecule has 1 aliphatic heterocycles. The highest BCUT2D eigenvalue weighted by atomic mass is 19.1. The molecule has 1 heterocycles. The Kier molecular flexibility index (Phi) is 3.77. The van der Waals surface area contributed by atoms with Crippen molar-refractivity contribution >= 4 is 5.91 Å². The zero-order valence-electron chi connectivity index (χ0n) is 10.1. The Morgan fingerprint density at radius 1 is 1.41 bits per heavy atom. The van der Waals surface area contributed by atoms with Crippen molar-refractivity contribution in [3.8, 4) is 0 Å². The zero-order chi connectivity index (χ0) is 12.3. The van der Waals surface area contributed by atoms with Crippen LogP contribution in [-0.2, 0) is 11.2 Å². The van der Waals surface area contributed by atoms with E-state index in [4.69, 9.17) is 0 Å². The second kappa shape index (κ2) is 5.30. The molecule has 0 bridgehead atoms. The second-order valence-electron chi connectivity index (χ2n) is 4.76. The number of hydrogen-bond acceptors (Lipinski definition) is 1. The van der Waals surface area contributed by atoms with Crippen LogP contribution < -0.4 is 5.32 Å². The van der Waals surface area contributed by atoms with Gasteiger partial charge in [0.15, 0.2) is 0 Å². The van der Waals surface area contributed by atoms with Gasteiger partial charge in [0.1, 0.15) is 5.82 Å². The van der Waals surface area contributed by atoms with Gasteiger partial charge in [-0.25, -0.2) is 4.39 Å². The van der Waals surface area contributed by atoms with Crippen LogP contribution in [0.5, 0.6) is 0 Å². The van der Waals surface area contributed by atoms with Crippen LogP contribution in [0.2, 0.25) is 0 Å². The molecule has 1 aliphatic rings. The molecule has 3 heteroatoms. The molecule has 0 saturated carbocycles. The van der Waals surface area contributed by atoms with Gasteiger partial charge >= 0.3 is 0 Å². The van der Waals surface area contributed by atoms with Gasteiger partial charge in [-0.05, 0) is 49.4 Å². The molecule has 1 N–H and O–H groups in total. The number of carbonyl (C=O) groups excluding carboxylic acids is 1. The molecule has 1 aromatic carbocycles. The topological polar surface area (TPSA) is 29.1 Å². The molecule has 0 spiro atoms. The summed E-state index contributed by atoms with van der Waals surface area (Å²) in [5.41, 5.74) is 2.01. The molecule has 1 atom stereocenters. The molecule has 2 nitrogen and oxygen atoms in total. The molecule has 92 valence electrons. The summed E-state index contributed by atoms with van der Waals surface area (Å²) < 4.78 is 13.0. The van der Waals surface area contributed by atoms with E-state index in [2.05, 4.69) is 5.32 Å². The molecule has 0 aromatic heterocycles. The minimum atomic E-state index is -0.212. The van der Waals surface area contributed by atoms with Crippen molar-refractivity contribution in [2.24, 2.45) is 5.92 Å². The van der Waals surface area contributed by atoms with Crippen LogP contribution in [0, 0.1) is 18.7 Å². The average molecular weight is 235 g/mol. The van der Waals surface area contributed by atoms with Crippen molar-refractivity contribution in [2.75, 3.05) is 6.54 Å². The summed E-state index contributed by atoms with van der Waals surface area (Å²) in [6.07, 6.45) is 3.80. The molecular formula is C14H18FNO. The van der Waals surface area contributed by atoms with Crippen molar-refractivity contribution in [2.45, 2.75) is 32.6 Å². The summed E-state index contributed by atoms with van der Waals surface area (Å²) in [6.45, 7) is 2.69. The number of rotatable bonds is 2. The third-order valence-electron chi connectivity index (χ3n) is 3.42. The highest BCUT2D eigenvalue weighted by Crippen LogP contribution is 2.20. The van der Waals surface area contributed by atoms with Crippen LogP contribution in [0.1, 0.15) is 30.4 Å². The molecule has 1 amide bonds. The first-order chi connectivity index (χ1) is 8.16. The van der Waals surface area contributed by atoms with Gasteiger partial charge in [0.05, 0.1) is 0 Å². The molecule has 1 unspecified atom stereocenters. The number of carbonyl (C=O) groups is 1. The molecule has 2 rings (SSSR count). The van der Waals surface area contributed by atoms with E-state index in [0.29, 0.717) is 0 Å². The minimum absolute atomic E-state index is 0.0432. The van der Waals surface area contributed by atoms with E-state index in [1.807, 2.05) is 6.92 Å². The van der Waals surface area contributed by atoms with Gasteiger partial charge < -0.3 is 5.32 Å². The fraction of sp³-hybridized carbons (Fsp3) is 0.500. The normalized spacial score (nSPS) is 20.8. The van der Waals surface area contributed by atoms with Crippen molar-refractivity contribution in [1.29, 1.82) is 0 Å². The lowest BCUT2D eigenvalue weighted by Gasteiger charge is -2.14. The lowest BCUT2D eigenvalue weighted by molar-refractivity contribution is -0.124. The van der Waals surface area contributed by atoms with Gasteiger partial charge in [0, 0.05) is 12.5 Å². The smallest absolute Gasteiger partial charge is 0.223 e. The number of halogens is 1. The van der Waals surface area contributed by atoms with E-state index >= 15 is 0 Å². The SMILES string of the molecule is Cc1cc(F)ccc1CC1CCCCNC1=O. The van der Waals surface area contributed by atoms with Crippen molar-refractivity contribution in [3.63, 3.8) is 0 Å². The second-order valence-corrected chi connectivity index (χ2v) is 4.76. The first-order valence-corrected chi connectivity index (χ1v) is 6.19. The Hall–Kier alpha value is -1.38. The maximum Gasteiger partial charge on any atom is 0.223 e. The highest BCUT2D eigenvalue weighted by molar-refractivity contribution is 5.79. The Bertz CT molecular complexity index is 417. The summed E-state index contributed by atoms with van der Waals surface area (Å²) >= 11 is 0. The van der Waals surface area contributed by atoms with E-state index < -0.39 is 0 Å². The van der Waals surface area contributed by atoms with Gasteiger partial charge in [0.2, 0.25) is 5.91 Å². The van der Waals surface area contributed by atoms with Crippen LogP contribution in [0.25, 0.3) is 0 Å². The summed E-state index contributed by atoms with van der Waals surface area (Å²) in [5.74, 6) is -0.0237. The molecule has 17 heavy (non-hydrogen) atoms. The fourth-order valence-corrected chi connectivity index (χ4v) is 2.35. The first-order valence-electron chi connectivity index (χ1n) is 6.19. The van der Waals surface area contributed by atoms with Gasteiger partial charge in [-0.2, -0.15) is 0 Å². The summed E-state index contributed by atoms with van der Waals surface area (Å²) in [6, 6.07) is 4.80. The summed E-state index contributed by atoms with van der Waals surface area (Å²) in [5, 5.41) is 2.93. The highest BCUT2D eigenvalue weighted by Gasteiger charge is 2.21. The standard InChI is InChI=1S/C14H18FNO/c1-10-8-13(15)6-5-11(10)9-12-4-2-3-7-16-14(12)17/h5-6,8,12H,2-4,7,9H2,1H3,(H,16,17). The monoisotopic (exact) mass is 235 g/mol. The third kappa shape index (κ3) is 3.05. The molecule has 1 aromatic rings. The Morgan fingerprint density at radius 2 is 2.24 bits per heavy atom. The first kappa shape index (κ1) is 12.1. The predicted octanol–water partition coefficient (Wildman–Crippen LogP) is 2.59. The van der Waals surface area contributed by atoms with Crippen LogP contribution in [0.15, 0.2) is 18.2 Å². The maximum absolute atomic E-state index is 13.0.